The van der Waals surface area contributed by atoms with Crippen LogP contribution in [-0.2, 0) is 0 Å². The Morgan fingerprint density at radius 2 is 1.02 bits per heavy atom. The van der Waals surface area contributed by atoms with Crippen LogP contribution in [0.15, 0.2) is 146 Å². The molecule has 8 aromatic rings. The minimum atomic E-state index is 0.568. The first kappa shape index (κ1) is 27.0. The molecular weight excluding hydrogens is 560 g/mol. The lowest BCUT2D eigenvalue weighted by Crippen LogP contribution is -1.93. The zero-order valence-corrected chi connectivity index (χ0v) is 24.6. The Hall–Kier alpha value is -6.62. The summed E-state index contributed by atoms with van der Waals surface area (Å²) in [5, 5.41) is 16.4. The van der Waals surface area contributed by atoms with Gasteiger partial charge in [-0.25, -0.2) is 4.85 Å². The van der Waals surface area contributed by atoms with Gasteiger partial charge >= 0.3 is 0 Å². The topological polar surface area (TPSA) is 53.9 Å². The Morgan fingerprint density at radius 1 is 0.500 bits per heavy atom. The van der Waals surface area contributed by atoms with Crippen molar-refractivity contribution < 1.29 is 0 Å². The number of benzene rings is 6. The lowest BCUT2D eigenvalue weighted by atomic mass is 9.84. The van der Waals surface area contributed by atoms with Gasteiger partial charge in [-0.2, -0.15) is 5.26 Å². The molecule has 4 nitrogen and oxygen atoms in total. The fourth-order valence-electron chi connectivity index (χ4n) is 6.46. The molecule has 0 bridgehead atoms. The Labute approximate surface area is 266 Å². The zero-order valence-electron chi connectivity index (χ0n) is 24.6. The number of nitriles is 1. The summed E-state index contributed by atoms with van der Waals surface area (Å²) in [6.45, 7) is 7.48. The quantitative estimate of drug-likeness (QED) is 0.153. The van der Waals surface area contributed by atoms with Crippen molar-refractivity contribution in [3.8, 4) is 50.8 Å². The van der Waals surface area contributed by atoms with Crippen LogP contribution < -0.4 is 0 Å². The predicted molar refractivity (Wildman–Crippen MR) is 187 cm³/mol. The van der Waals surface area contributed by atoms with E-state index in [-0.39, 0.29) is 0 Å². The SMILES string of the molecule is [C-]#[N+]c1ccnc(-c2cccc(-c3c4ccccc4c(-c4cccc(-c5cc(C#N)ccn5)c4)c4cc5ccccc5cc34)c2)c1. The third-order valence-corrected chi connectivity index (χ3v) is 8.55. The van der Waals surface area contributed by atoms with Crippen molar-refractivity contribution >= 4 is 38.0 Å². The molecule has 0 atom stereocenters. The van der Waals surface area contributed by atoms with Gasteiger partial charge in [-0.1, -0.05) is 84.9 Å². The number of hydrogen-bond donors (Lipinski definition) is 0. The predicted octanol–water partition coefficient (Wildman–Crippen LogP) is 11.0. The summed E-state index contributed by atoms with van der Waals surface area (Å²) >= 11 is 0. The Balaban J connectivity index is 1.44. The van der Waals surface area contributed by atoms with Crippen LogP contribution in [0, 0.1) is 17.9 Å². The van der Waals surface area contributed by atoms with Crippen LogP contribution in [0.3, 0.4) is 0 Å². The van der Waals surface area contributed by atoms with Gasteiger partial charge in [0.1, 0.15) is 0 Å². The molecule has 2 heterocycles. The third-order valence-electron chi connectivity index (χ3n) is 8.55. The maximum absolute atomic E-state index is 9.50. The van der Waals surface area contributed by atoms with Gasteiger partial charge in [-0.15, -0.1) is 0 Å². The summed E-state index contributed by atoms with van der Waals surface area (Å²) in [6.07, 6.45) is 3.38. The Bertz CT molecular complexity index is 2390. The first-order valence-electron chi connectivity index (χ1n) is 15.0. The first-order chi connectivity index (χ1) is 22.7. The molecule has 0 saturated heterocycles. The van der Waals surface area contributed by atoms with Crippen LogP contribution in [0.4, 0.5) is 5.69 Å². The number of nitrogens with zero attached hydrogens (tertiary/aromatic N) is 4. The van der Waals surface area contributed by atoms with Crippen molar-refractivity contribution in [3.63, 3.8) is 0 Å². The highest BCUT2D eigenvalue weighted by molar-refractivity contribution is 6.23. The standard InChI is InChI=1S/C42H24N4/c1-44-34-17-19-46-40(25-34)31-11-7-13-33(22-31)42-36-15-5-4-14-35(36)41(37-23-28-8-2-3-9-29(28)24-38(37)42)32-12-6-10-30(21-32)39-20-27(26-43)16-18-45-39/h2-25H. The molecule has 0 fully saturated rings. The minimum absolute atomic E-state index is 0.568. The molecule has 0 saturated carbocycles. The molecule has 0 spiro atoms. The number of pyridine rings is 2. The van der Waals surface area contributed by atoms with Crippen LogP contribution in [-0.4, -0.2) is 9.97 Å². The van der Waals surface area contributed by atoms with Gasteiger partial charge in [-0.3, -0.25) is 9.97 Å². The number of fused-ring (bicyclic) bond motifs is 3. The molecule has 0 aliphatic heterocycles. The van der Waals surface area contributed by atoms with Crippen molar-refractivity contribution in [2.45, 2.75) is 0 Å². The molecular formula is C42H24N4. The van der Waals surface area contributed by atoms with Crippen molar-refractivity contribution in [1.29, 1.82) is 5.26 Å². The van der Waals surface area contributed by atoms with Gasteiger partial charge in [0.15, 0.2) is 5.69 Å². The van der Waals surface area contributed by atoms with Crippen LogP contribution >= 0.6 is 0 Å². The third kappa shape index (κ3) is 4.63. The highest BCUT2D eigenvalue weighted by atomic mass is 14.7. The number of rotatable bonds is 4. The molecule has 0 radical (unpaired) electrons. The largest absolute Gasteiger partial charge is 0.259 e. The van der Waals surface area contributed by atoms with E-state index >= 15 is 0 Å². The average molecular weight is 585 g/mol. The van der Waals surface area contributed by atoms with Gasteiger partial charge < -0.3 is 0 Å². The van der Waals surface area contributed by atoms with Gasteiger partial charge in [0.2, 0.25) is 0 Å². The van der Waals surface area contributed by atoms with Crippen LogP contribution in [0.2, 0.25) is 0 Å². The summed E-state index contributed by atoms with van der Waals surface area (Å²) in [4.78, 5) is 12.8. The van der Waals surface area contributed by atoms with Crippen molar-refractivity contribution in [2.24, 2.45) is 0 Å². The van der Waals surface area contributed by atoms with E-state index in [2.05, 4.69) is 124 Å². The van der Waals surface area contributed by atoms with E-state index in [4.69, 9.17) is 6.57 Å². The van der Waals surface area contributed by atoms with Crippen molar-refractivity contribution in [2.75, 3.05) is 0 Å². The Morgan fingerprint density at radius 3 is 1.59 bits per heavy atom. The fourth-order valence-corrected chi connectivity index (χ4v) is 6.46. The summed E-state index contributed by atoms with van der Waals surface area (Å²) in [5.74, 6) is 0. The lowest BCUT2D eigenvalue weighted by Gasteiger charge is -2.19. The molecule has 6 aromatic carbocycles. The molecule has 0 N–H and O–H groups in total. The maximum Gasteiger partial charge on any atom is 0.190 e. The minimum Gasteiger partial charge on any atom is -0.259 e. The van der Waals surface area contributed by atoms with Gasteiger partial charge in [0, 0.05) is 18.0 Å². The molecule has 0 amide bonds. The summed E-state index contributed by atoms with van der Waals surface area (Å²) in [6, 6.07) is 48.0. The summed E-state index contributed by atoms with van der Waals surface area (Å²) in [5.41, 5.74) is 9.09. The van der Waals surface area contributed by atoms with E-state index in [1.54, 1.807) is 24.5 Å². The van der Waals surface area contributed by atoms with Crippen molar-refractivity contribution in [1.82, 2.24) is 9.97 Å². The highest BCUT2D eigenvalue weighted by Crippen LogP contribution is 2.46. The fraction of sp³-hybridized carbons (Fsp3) is 0. The number of aromatic nitrogens is 2. The van der Waals surface area contributed by atoms with E-state index in [0.717, 1.165) is 66.3 Å². The van der Waals surface area contributed by atoms with E-state index in [1.807, 2.05) is 18.2 Å². The van der Waals surface area contributed by atoms with E-state index in [9.17, 15) is 5.26 Å². The van der Waals surface area contributed by atoms with E-state index in [1.165, 1.54) is 10.8 Å². The average Bonchev–Trinajstić information content (AvgIpc) is 3.13. The normalized spacial score (nSPS) is 11.0. The van der Waals surface area contributed by atoms with E-state index < -0.39 is 0 Å². The van der Waals surface area contributed by atoms with Gasteiger partial charge in [-0.05, 0) is 109 Å². The monoisotopic (exact) mass is 584 g/mol. The maximum atomic E-state index is 9.50. The lowest BCUT2D eigenvalue weighted by molar-refractivity contribution is 1.31. The zero-order chi connectivity index (χ0) is 31.0. The van der Waals surface area contributed by atoms with Crippen LogP contribution in [0.1, 0.15) is 5.56 Å². The molecule has 0 aliphatic carbocycles. The molecule has 8 rings (SSSR count). The highest BCUT2D eigenvalue weighted by Gasteiger charge is 2.18. The first-order valence-corrected chi connectivity index (χ1v) is 15.0. The molecule has 2 aromatic heterocycles. The second-order valence-corrected chi connectivity index (χ2v) is 11.3. The van der Waals surface area contributed by atoms with Crippen LogP contribution in [0.5, 0.6) is 0 Å². The summed E-state index contributed by atoms with van der Waals surface area (Å²) < 4.78 is 0. The van der Waals surface area contributed by atoms with Crippen LogP contribution in [0.25, 0.3) is 81.9 Å². The molecule has 0 unspecified atom stereocenters. The second kappa shape index (κ2) is 11.1. The van der Waals surface area contributed by atoms with E-state index in [0.29, 0.717) is 11.3 Å². The summed E-state index contributed by atoms with van der Waals surface area (Å²) in [7, 11) is 0. The molecule has 4 heteroatoms. The van der Waals surface area contributed by atoms with Gasteiger partial charge in [0.25, 0.3) is 0 Å². The molecule has 212 valence electrons. The molecule has 0 aliphatic rings. The molecule has 46 heavy (non-hydrogen) atoms. The second-order valence-electron chi connectivity index (χ2n) is 11.3. The Kier molecular flexibility index (Phi) is 6.53. The number of hydrogen-bond acceptors (Lipinski definition) is 3. The smallest absolute Gasteiger partial charge is 0.190 e. The van der Waals surface area contributed by atoms with Crippen molar-refractivity contribution in [3.05, 3.63) is 163 Å². The van der Waals surface area contributed by atoms with Gasteiger partial charge in [0.05, 0.1) is 29.6 Å².